The minimum Gasteiger partial charge on any atom is -0.444 e. The monoisotopic (exact) mass is 306 g/mol. The number of hydrogen-bond donors (Lipinski definition) is 0. The number of likely N-dealkylation sites (tertiary alicyclic amines) is 1. The van der Waals surface area contributed by atoms with Crippen LogP contribution in [0.2, 0.25) is 0 Å². The number of aromatic nitrogens is 2. The van der Waals surface area contributed by atoms with Gasteiger partial charge in [0.1, 0.15) is 5.60 Å². The first kappa shape index (κ1) is 16.7. The fourth-order valence-electron chi connectivity index (χ4n) is 2.62. The largest absolute Gasteiger partial charge is 0.444 e. The van der Waals surface area contributed by atoms with E-state index in [2.05, 4.69) is 28.8 Å². The number of ether oxygens (including phenoxy) is 1. The normalized spacial score (nSPS) is 20.3. The molecular weight excluding hydrogens is 280 g/mol. The van der Waals surface area contributed by atoms with Crippen molar-refractivity contribution in [2.24, 2.45) is 0 Å². The Labute approximate surface area is 132 Å². The lowest BCUT2D eigenvalue weighted by molar-refractivity contribution is 0.0278. The second kappa shape index (κ2) is 6.60. The smallest absolute Gasteiger partial charge is 0.410 e. The molecule has 1 fully saturated rings. The first-order chi connectivity index (χ1) is 10.3. The van der Waals surface area contributed by atoms with E-state index in [1.54, 1.807) is 23.5 Å². The SMILES string of the molecule is CC(c1cnccn1)N(C)[C@H]1CCN(C(=O)OC(C)(C)C)C1. The van der Waals surface area contributed by atoms with E-state index in [0.717, 1.165) is 18.7 Å². The topological polar surface area (TPSA) is 58.6 Å². The van der Waals surface area contributed by atoms with Crippen LogP contribution in [0.25, 0.3) is 0 Å². The van der Waals surface area contributed by atoms with E-state index in [-0.39, 0.29) is 12.1 Å². The number of rotatable bonds is 3. The maximum atomic E-state index is 12.1. The highest BCUT2D eigenvalue weighted by Gasteiger charge is 2.33. The number of carbonyl (C=O) groups is 1. The standard InChI is InChI=1S/C16H26N4O2/c1-12(14-10-17-7-8-18-14)19(5)13-6-9-20(11-13)15(21)22-16(2,3)4/h7-8,10,12-13H,6,9,11H2,1-5H3/t12?,13-/m0/s1. The molecule has 0 radical (unpaired) electrons. The summed E-state index contributed by atoms with van der Waals surface area (Å²) in [5.74, 6) is 0. The van der Waals surface area contributed by atoms with Gasteiger partial charge in [-0.1, -0.05) is 0 Å². The second-order valence-electron chi connectivity index (χ2n) is 6.84. The third kappa shape index (κ3) is 4.16. The molecular formula is C16H26N4O2. The first-order valence-corrected chi connectivity index (χ1v) is 7.73. The predicted octanol–water partition coefficient (Wildman–Crippen LogP) is 2.48. The molecule has 6 nitrogen and oxygen atoms in total. The second-order valence-corrected chi connectivity index (χ2v) is 6.84. The first-order valence-electron chi connectivity index (χ1n) is 7.73. The van der Waals surface area contributed by atoms with E-state index < -0.39 is 5.60 Å². The fourth-order valence-corrected chi connectivity index (χ4v) is 2.62. The number of hydrogen-bond acceptors (Lipinski definition) is 5. The van der Waals surface area contributed by atoms with Crippen molar-refractivity contribution >= 4 is 6.09 Å². The van der Waals surface area contributed by atoms with E-state index >= 15 is 0 Å². The molecule has 2 heterocycles. The summed E-state index contributed by atoms with van der Waals surface area (Å²) in [6.07, 6.45) is 5.90. The molecule has 1 aromatic heterocycles. The molecule has 1 saturated heterocycles. The molecule has 0 bridgehead atoms. The van der Waals surface area contributed by atoms with Crippen molar-refractivity contribution in [3.8, 4) is 0 Å². The summed E-state index contributed by atoms with van der Waals surface area (Å²) < 4.78 is 5.44. The average molecular weight is 306 g/mol. The van der Waals surface area contributed by atoms with Gasteiger partial charge in [-0.05, 0) is 41.2 Å². The van der Waals surface area contributed by atoms with Crippen molar-refractivity contribution in [2.45, 2.75) is 51.8 Å². The van der Waals surface area contributed by atoms with Crippen LogP contribution in [0.3, 0.4) is 0 Å². The highest BCUT2D eigenvalue weighted by molar-refractivity contribution is 5.68. The van der Waals surface area contributed by atoms with Crippen LogP contribution >= 0.6 is 0 Å². The van der Waals surface area contributed by atoms with Gasteiger partial charge in [-0.25, -0.2) is 4.79 Å². The molecule has 22 heavy (non-hydrogen) atoms. The molecule has 2 atom stereocenters. The zero-order valence-electron chi connectivity index (χ0n) is 14.1. The van der Waals surface area contributed by atoms with Gasteiger partial charge < -0.3 is 9.64 Å². The quantitative estimate of drug-likeness (QED) is 0.858. The number of likely N-dealkylation sites (N-methyl/N-ethyl adjacent to an activating group) is 1. The Morgan fingerprint density at radius 1 is 1.45 bits per heavy atom. The molecule has 2 rings (SSSR count). The number of nitrogens with zero attached hydrogens (tertiary/aromatic N) is 4. The highest BCUT2D eigenvalue weighted by Crippen LogP contribution is 2.24. The van der Waals surface area contributed by atoms with Crippen molar-refractivity contribution in [1.82, 2.24) is 19.8 Å². The van der Waals surface area contributed by atoms with E-state index in [4.69, 9.17) is 4.74 Å². The van der Waals surface area contributed by atoms with E-state index in [0.29, 0.717) is 12.6 Å². The molecule has 122 valence electrons. The van der Waals surface area contributed by atoms with Crippen molar-refractivity contribution in [1.29, 1.82) is 0 Å². The molecule has 0 N–H and O–H groups in total. The number of carbonyl (C=O) groups excluding carboxylic acids is 1. The van der Waals surface area contributed by atoms with E-state index in [1.165, 1.54) is 0 Å². The van der Waals surface area contributed by atoms with Crippen LogP contribution in [0.4, 0.5) is 4.79 Å². The lowest BCUT2D eigenvalue weighted by Gasteiger charge is -2.30. The molecule has 0 aliphatic carbocycles. The number of amides is 1. The Kier molecular flexibility index (Phi) is 5.01. The van der Waals surface area contributed by atoms with Gasteiger partial charge in [-0.3, -0.25) is 14.9 Å². The van der Waals surface area contributed by atoms with Gasteiger partial charge in [0.25, 0.3) is 0 Å². The molecule has 1 amide bonds. The Morgan fingerprint density at radius 2 is 2.18 bits per heavy atom. The molecule has 0 saturated carbocycles. The van der Waals surface area contributed by atoms with Gasteiger partial charge in [0.2, 0.25) is 0 Å². The van der Waals surface area contributed by atoms with Crippen LogP contribution in [0.1, 0.15) is 45.9 Å². The Balaban J connectivity index is 1.94. The maximum Gasteiger partial charge on any atom is 0.410 e. The van der Waals surface area contributed by atoms with Gasteiger partial charge in [0.05, 0.1) is 11.7 Å². The third-order valence-electron chi connectivity index (χ3n) is 4.01. The Hall–Kier alpha value is -1.69. The highest BCUT2D eigenvalue weighted by atomic mass is 16.6. The predicted molar refractivity (Wildman–Crippen MR) is 84.4 cm³/mol. The minimum atomic E-state index is -0.450. The van der Waals surface area contributed by atoms with Crippen molar-refractivity contribution in [3.63, 3.8) is 0 Å². The average Bonchev–Trinajstić information content (AvgIpc) is 2.95. The molecule has 6 heteroatoms. The van der Waals surface area contributed by atoms with Gasteiger partial charge in [-0.15, -0.1) is 0 Å². The van der Waals surface area contributed by atoms with Crippen molar-refractivity contribution in [2.75, 3.05) is 20.1 Å². The maximum absolute atomic E-state index is 12.1. The molecule has 1 aliphatic heterocycles. The Bertz CT molecular complexity index is 501. The van der Waals surface area contributed by atoms with E-state index in [1.807, 2.05) is 20.8 Å². The molecule has 0 spiro atoms. The zero-order valence-corrected chi connectivity index (χ0v) is 14.1. The van der Waals surface area contributed by atoms with Crippen molar-refractivity contribution in [3.05, 3.63) is 24.3 Å². The van der Waals surface area contributed by atoms with Crippen LogP contribution in [0.5, 0.6) is 0 Å². The molecule has 1 aliphatic rings. The third-order valence-corrected chi connectivity index (χ3v) is 4.01. The van der Waals surface area contributed by atoms with Gasteiger partial charge in [0.15, 0.2) is 0 Å². The van der Waals surface area contributed by atoms with Crippen LogP contribution in [0, 0.1) is 0 Å². The summed E-state index contributed by atoms with van der Waals surface area (Å²) in [6.45, 7) is 9.20. The van der Waals surface area contributed by atoms with Crippen molar-refractivity contribution < 1.29 is 9.53 Å². The lowest BCUT2D eigenvalue weighted by atomic mass is 10.1. The summed E-state index contributed by atoms with van der Waals surface area (Å²) in [6, 6.07) is 0.474. The Morgan fingerprint density at radius 3 is 2.77 bits per heavy atom. The van der Waals surface area contributed by atoms with Crippen LogP contribution in [-0.2, 0) is 4.74 Å². The molecule has 1 aromatic rings. The van der Waals surface area contributed by atoms with Crippen LogP contribution < -0.4 is 0 Å². The summed E-state index contributed by atoms with van der Waals surface area (Å²) in [5, 5.41) is 0. The summed E-state index contributed by atoms with van der Waals surface area (Å²) in [5.41, 5.74) is 0.495. The van der Waals surface area contributed by atoms with Crippen LogP contribution in [0.15, 0.2) is 18.6 Å². The molecule has 1 unspecified atom stereocenters. The summed E-state index contributed by atoms with van der Waals surface area (Å²) in [7, 11) is 2.07. The summed E-state index contributed by atoms with van der Waals surface area (Å²) in [4.78, 5) is 24.7. The lowest BCUT2D eigenvalue weighted by Crippen LogP contribution is -2.40. The van der Waals surface area contributed by atoms with Gasteiger partial charge in [-0.2, -0.15) is 0 Å². The van der Waals surface area contributed by atoms with Gasteiger partial charge >= 0.3 is 6.09 Å². The fraction of sp³-hybridized carbons (Fsp3) is 0.688. The summed E-state index contributed by atoms with van der Waals surface area (Å²) >= 11 is 0. The minimum absolute atomic E-state index is 0.164. The van der Waals surface area contributed by atoms with E-state index in [9.17, 15) is 4.79 Å². The zero-order chi connectivity index (χ0) is 16.3. The molecule has 0 aromatic carbocycles. The van der Waals surface area contributed by atoms with Crippen LogP contribution in [-0.4, -0.2) is 57.6 Å². The van der Waals surface area contributed by atoms with Gasteiger partial charge in [0, 0.05) is 37.7 Å².